The zero-order valence-corrected chi connectivity index (χ0v) is 13.7. The average molecular weight is 367 g/mol. The van der Waals surface area contributed by atoms with Gasteiger partial charge in [-0.3, -0.25) is 9.59 Å². The minimum atomic E-state index is -0.345. The lowest BCUT2D eigenvalue weighted by Crippen LogP contribution is -2.27. The van der Waals surface area contributed by atoms with Gasteiger partial charge in [-0.25, -0.2) is 0 Å². The number of ether oxygens (including phenoxy) is 1. The van der Waals surface area contributed by atoms with E-state index in [0.29, 0.717) is 16.1 Å². The van der Waals surface area contributed by atoms with Gasteiger partial charge in [-0.05, 0) is 52.3 Å². The number of rotatable bonds is 5. The molecule has 0 spiro atoms. The van der Waals surface area contributed by atoms with Crippen LogP contribution in [0.3, 0.4) is 0 Å². The zero-order chi connectivity index (χ0) is 16.1. The number of anilines is 1. The van der Waals surface area contributed by atoms with E-state index >= 15 is 0 Å². The number of hydrogen-bond acceptors (Lipinski definition) is 4. The number of nitrogens with zero attached hydrogens (tertiary/aromatic N) is 1. The van der Waals surface area contributed by atoms with Gasteiger partial charge < -0.3 is 19.4 Å². The Labute approximate surface area is 136 Å². The molecule has 0 atom stereocenters. The van der Waals surface area contributed by atoms with Gasteiger partial charge in [0, 0.05) is 19.8 Å². The molecule has 22 heavy (non-hydrogen) atoms. The second kappa shape index (κ2) is 7.13. The van der Waals surface area contributed by atoms with Crippen molar-refractivity contribution in [1.29, 1.82) is 0 Å². The van der Waals surface area contributed by atoms with Crippen molar-refractivity contribution in [2.45, 2.75) is 0 Å². The third-order valence-corrected chi connectivity index (χ3v) is 3.20. The number of hydrogen-bond donors (Lipinski definition) is 1. The molecule has 1 heterocycles. The predicted molar refractivity (Wildman–Crippen MR) is 85.0 cm³/mol. The summed E-state index contributed by atoms with van der Waals surface area (Å²) in [6, 6.07) is 9.95. The molecule has 116 valence electrons. The summed E-state index contributed by atoms with van der Waals surface area (Å²) in [6.45, 7) is -0.0286. The molecule has 2 rings (SSSR count). The number of furan rings is 1. The number of nitrogens with one attached hydrogen (secondary N) is 1. The molecule has 1 aromatic heterocycles. The molecule has 0 bridgehead atoms. The minimum Gasteiger partial charge on any atom is -0.484 e. The van der Waals surface area contributed by atoms with Crippen molar-refractivity contribution in [2.24, 2.45) is 0 Å². The molecule has 0 aliphatic rings. The fraction of sp³-hybridized carbons (Fsp3) is 0.200. The normalized spacial score (nSPS) is 10.1. The number of benzene rings is 1. The average Bonchev–Trinajstić information content (AvgIpc) is 2.92. The van der Waals surface area contributed by atoms with E-state index in [1.165, 1.54) is 4.90 Å². The van der Waals surface area contributed by atoms with Crippen LogP contribution in [0.1, 0.15) is 10.6 Å². The Balaban J connectivity index is 1.91. The largest absolute Gasteiger partial charge is 0.484 e. The second-order valence-electron chi connectivity index (χ2n) is 4.66. The van der Waals surface area contributed by atoms with E-state index in [2.05, 4.69) is 21.2 Å². The van der Waals surface area contributed by atoms with Gasteiger partial charge in [0.2, 0.25) is 0 Å². The third-order valence-electron chi connectivity index (χ3n) is 2.77. The Morgan fingerprint density at radius 2 is 1.86 bits per heavy atom. The van der Waals surface area contributed by atoms with E-state index in [1.54, 1.807) is 50.5 Å². The standard InChI is InChI=1S/C15H15BrN2O4/c1-18(2)14(19)9-21-11-5-3-10(4-6-11)17-15(20)12-7-8-13(16)22-12/h3-8H,9H2,1-2H3,(H,17,20). The molecule has 0 saturated heterocycles. The topological polar surface area (TPSA) is 71.8 Å². The first-order chi connectivity index (χ1) is 10.5. The Kier molecular flexibility index (Phi) is 5.21. The van der Waals surface area contributed by atoms with E-state index < -0.39 is 0 Å². The van der Waals surface area contributed by atoms with E-state index in [4.69, 9.17) is 9.15 Å². The Bertz CT molecular complexity index is 664. The molecule has 0 aliphatic heterocycles. The lowest BCUT2D eigenvalue weighted by atomic mass is 10.3. The summed E-state index contributed by atoms with van der Waals surface area (Å²) in [5.41, 5.74) is 0.601. The predicted octanol–water partition coefficient (Wildman–Crippen LogP) is 2.76. The molecule has 0 unspecified atom stereocenters. The van der Waals surface area contributed by atoms with Crippen molar-refractivity contribution >= 4 is 33.4 Å². The van der Waals surface area contributed by atoms with Gasteiger partial charge in [0.1, 0.15) is 5.75 Å². The highest BCUT2D eigenvalue weighted by atomic mass is 79.9. The third kappa shape index (κ3) is 4.36. The van der Waals surface area contributed by atoms with Gasteiger partial charge >= 0.3 is 0 Å². The highest BCUT2D eigenvalue weighted by molar-refractivity contribution is 9.10. The second-order valence-corrected chi connectivity index (χ2v) is 5.44. The molecule has 2 amide bonds. The van der Waals surface area contributed by atoms with Crippen LogP contribution in [0, 0.1) is 0 Å². The Hall–Kier alpha value is -2.28. The van der Waals surface area contributed by atoms with Crippen LogP contribution in [-0.4, -0.2) is 37.4 Å². The summed E-state index contributed by atoms with van der Waals surface area (Å²) >= 11 is 3.14. The van der Waals surface area contributed by atoms with E-state index in [9.17, 15) is 9.59 Å². The molecule has 0 radical (unpaired) electrons. The first kappa shape index (κ1) is 16.1. The molecule has 6 nitrogen and oxygen atoms in total. The molecule has 0 fully saturated rings. The monoisotopic (exact) mass is 366 g/mol. The van der Waals surface area contributed by atoms with Crippen LogP contribution in [0.15, 0.2) is 45.5 Å². The SMILES string of the molecule is CN(C)C(=O)COc1ccc(NC(=O)c2ccc(Br)o2)cc1. The van der Waals surface area contributed by atoms with Crippen LogP contribution < -0.4 is 10.1 Å². The molecular formula is C15H15BrN2O4. The Morgan fingerprint density at radius 1 is 1.18 bits per heavy atom. The highest BCUT2D eigenvalue weighted by Crippen LogP contribution is 2.18. The van der Waals surface area contributed by atoms with Crippen molar-refractivity contribution in [2.75, 3.05) is 26.0 Å². The summed E-state index contributed by atoms with van der Waals surface area (Å²) in [6.07, 6.45) is 0. The van der Waals surface area contributed by atoms with Crippen molar-refractivity contribution in [3.05, 3.63) is 46.8 Å². The molecule has 1 aromatic carbocycles. The van der Waals surface area contributed by atoms with Crippen molar-refractivity contribution in [3.63, 3.8) is 0 Å². The van der Waals surface area contributed by atoms with Gasteiger partial charge in [-0.2, -0.15) is 0 Å². The van der Waals surface area contributed by atoms with Crippen molar-refractivity contribution < 1.29 is 18.7 Å². The Morgan fingerprint density at radius 3 is 2.41 bits per heavy atom. The smallest absolute Gasteiger partial charge is 0.291 e. The molecule has 0 aliphatic carbocycles. The lowest BCUT2D eigenvalue weighted by molar-refractivity contribution is -0.130. The van der Waals surface area contributed by atoms with Crippen LogP contribution in [0.5, 0.6) is 5.75 Å². The van der Waals surface area contributed by atoms with Crippen LogP contribution in [0.4, 0.5) is 5.69 Å². The maximum atomic E-state index is 11.9. The van der Waals surface area contributed by atoms with Gasteiger partial charge in [0.15, 0.2) is 17.0 Å². The van der Waals surface area contributed by atoms with Gasteiger partial charge in [0.25, 0.3) is 11.8 Å². The maximum absolute atomic E-state index is 11.9. The van der Waals surface area contributed by atoms with Crippen molar-refractivity contribution in [3.8, 4) is 5.75 Å². The number of likely N-dealkylation sites (N-methyl/N-ethyl adjacent to an activating group) is 1. The van der Waals surface area contributed by atoms with Crippen LogP contribution in [0.2, 0.25) is 0 Å². The first-order valence-corrected chi connectivity index (χ1v) is 7.24. The van der Waals surface area contributed by atoms with Crippen molar-refractivity contribution in [1.82, 2.24) is 4.90 Å². The number of halogens is 1. The van der Waals surface area contributed by atoms with Gasteiger partial charge in [-0.15, -0.1) is 0 Å². The summed E-state index contributed by atoms with van der Waals surface area (Å²) in [5, 5.41) is 2.70. The number of carbonyl (C=O) groups is 2. The minimum absolute atomic E-state index is 0.0286. The first-order valence-electron chi connectivity index (χ1n) is 6.45. The summed E-state index contributed by atoms with van der Waals surface area (Å²) in [7, 11) is 3.33. The van der Waals surface area contributed by atoms with Gasteiger partial charge in [-0.1, -0.05) is 0 Å². The molecule has 1 N–H and O–H groups in total. The number of carbonyl (C=O) groups excluding carboxylic acids is 2. The van der Waals surface area contributed by atoms with E-state index in [0.717, 1.165) is 0 Å². The fourth-order valence-corrected chi connectivity index (χ4v) is 1.84. The highest BCUT2D eigenvalue weighted by Gasteiger charge is 2.11. The van der Waals surface area contributed by atoms with E-state index in [1.807, 2.05) is 0 Å². The molecule has 0 saturated carbocycles. The summed E-state index contributed by atoms with van der Waals surface area (Å²) in [4.78, 5) is 24.8. The molecule has 2 aromatic rings. The van der Waals surface area contributed by atoms with E-state index in [-0.39, 0.29) is 24.2 Å². The summed E-state index contributed by atoms with van der Waals surface area (Å²) < 4.78 is 11.0. The fourth-order valence-electron chi connectivity index (χ4n) is 1.54. The zero-order valence-electron chi connectivity index (χ0n) is 12.1. The van der Waals surface area contributed by atoms with Crippen LogP contribution in [0.25, 0.3) is 0 Å². The number of amides is 2. The van der Waals surface area contributed by atoms with Crippen LogP contribution in [-0.2, 0) is 4.79 Å². The molecular weight excluding hydrogens is 352 g/mol. The summed E-state index contributed by atoms with van der Waals surface area (Å²) in [5.74, 6) is 0.292. The quantitative estimate of drug-likeness (QED) is 0.882. The molecule has 7 heteroatoms. The van der Waals surface area contributed by atoms with Crippen LogP contribution >= 0.6 is 15.9 Å². The van der Waals surface area contributed by atoms with Gasteiger partial charge in [0.05, 0.1) is 0 Å². The lowest BCUT2D eigenvalue weighted by Gasteiger charge is -2.11. The maximum Gasteiger partial charge on any atom is 0.291 e.